The van der Waals surface area contributed by atoms with Gasteiger partial charge in [0.25, 0.3) is 0 Å². The van der Waals surface area contributed by atoms with Crippen LogP contribution in [0.4, 0.5) is 0 Å². The molecule has 0 heteroatoms. The Kier molecular flexibility index (Phi) is 8.82. The molecule has 0 aliphatic carbocycles. The molecule has 0 heterocycles. The maximum absolute atomic E-state index is 2.38. The van der Waals surface area contributed by atoms with Gasteiger partial charge in [0.05, 0.1) is 0 Å². The number of aryl methyl sites for hydroxylation is 1. The summed E-state index contributed by atoms with van der Waals surface area (Å²) in [7, 11) is 0. The molecule has 21 heavy (non-hydrogen) atoms. The first-order chi connectivity index (χ1) is 10.1. The van der Waals surface area contributed by atoms with E-state index in [0.717, 1.165) is 6.42 Å². The van der Waals surface area contributed by atoms with Crippen molar-refractivity contribution in [2.24, 2.45) is 0 Å². The highest BCUT2D eigenvalue weighted by Crippen LogP contribution is 2.12. The molecule has 0 atom stereocenters. The van der Waals surface area contributed by atoms with Crippen LogP contribution in [0.25, 0.3) is 0 Å². The molecule has 0 saturated carbocycles. The molecule has 116 valence electrons. The second kappa shape index (κ2) is 10.4. The van der Waals surface area contributed by atoms with E-state index in [1.807, 2.05) is 0 Å². The number of benzene rings is 1. The summed E-state index contributed by atoms with van der Waals surface area (Å²) in [4.78, 5) is 0. The Bertz CT molecular complexity index is 441. The highest BCUT2D eigenvalue weighted by atomic mass is 14.0. The van der Waals surface area contributed by atoms with Crippen molar-refractivity contribution in [2.75, 3.05) is 0 Å². The molecule has 0 radical (unpaired) electrons. The predicted octanol–water partition coefficient (Wildman–Crippen LogP) is 6.65. The molecule has 0 aliphatic rings. The van der Waals surface area contributed by atoms with Crippen molar-refractivity contribution in [3.8, 4) is 0 Å². The first kappa shape index (κ1) is 17.8. The topological polar surface area (TPSA) is 0 Å². The fraction of sp³-hybridized carbons (Fsp3) is 0.524. The zero-order valence-corrected chi connectivity index (χ0v) is 14.4. The summed E-state index contributed by atoms with van der Waals surface area (Å²) in [5, 5.41) is 0. The van der Waals surface area contributed by atoms with Crippen molar-refractivity contribution >= 4 is 0 Å². The Balaban J connectivity index is 2.39. The molecule has 1 aromatic carbocycles. The van der Waals surface area contributed by atoms with Gasteiger partial charge in [-0.1, -0.05) is 67.3 Å². The molecule has 0 unspecified atom stereocenters. The normalized spacial score (nSPS) is 11.5. The van der Waals surface area contributed by atoms with Gasteiger partial charge in [-0.05, 0) is 64.0 Å². The highest BCUT2D eigenvalue weighted by molar-refractivity contribution is 5.25. The van der Waals surface area contributed by atoms with Crippen LogP contribution in [0.1, 0.15) is 70.9 Å². The zero-order valence-electron chi connectivity index (χ0n) is 14.4. The highest BCUT2D eigenvalue weighted by Gasteiger charge is 1.95. The molecule has 0 fully saturated rings. The van der Waals surface area contributed by atoms with Gasteiger partial charge in [-0.2, -0.15) is 0 Å². The molecule has 0 nitrogen and oxygen atoms in total. The van der Waals surface area contributed by atoms with E-state index >= 15 is 0 Å². The second-order valence-corrected chi connectivity index (χ2v) is 6.35. The van der Waals surface area contributed by atoms with Crippen LogP contribution < -0.4 is 0 Å². The van der Waals surface area contributed by atoms with E-state index in [0.29, 0.717) is 0 Å². The Morgan fingerprint density at radius 1 is 0.905 bits per heavy atom. The lowest BCUT2D eigenvalue weighted by Crippen LogP contribution is -1.88. The zero-order chi connectivity index (χ0) is 15.5. The van der Waals surface area contributed by atoms with E-state index in [2.05, 4.69) is 64.1 Å². The number of hydrogen-bond acceptors (Lipinski definition) is 0. The maximum Gasteiger partial charge on any atom is -0.00949 e. The van der Waals surface area contributed by atoms with Crippen LogP contribution in [0.5, 0.6) is 0 Å². The largest absolute Gasteiger partial charge is 0.0856 e. The minimum Gasteiger partial charge on any atom is -0.0856 e. The van der Waals surface area contributed by atoms with E-state index in [-0.39, 0.29) is 0 Å². The summed E-state index contributed by atoms with van der Waals surface area (Å²) >= 11 is 0. The van der Waals surface area contributed by atoms with Crippen LogP contribution in [0, 0.1) is 0 Å². The average Bonchev–Trinajstić information content (AvgIpc) is 2.46. The van der Waals surface area contributed by atoms with Crippen LogP contribution in [-0.2, 0) is 12.8 Å². The van der Waals surface area contributed by atoms with Crippen LogP contribution in [0.2, 0.25) is 0 Å². The summed E-state index contributed by atoms with van der Waals surface area (Å²) in [5.74, 6) is 0. The monoisotopic (exact) mass is 284 g/mol. The molecule has 0 saturated heterocycles. The van der Waals surface area contributed by atoms with Crippen LogP contribution in [0.15, 0.2) is 47.6 Å². The van der Waals surface area contributed by atoms with Gasteiger partial charge in [0.1, 0.15) is 0 Å². The minimum absolute atomic E-state index is 1.07. The number of rotatable bonds is 9. The molecule has 1 aromatic rings. The van der Waals surface area contributed by atoms with Crippen LogP contribution >= 0.6 is 0 Å². The molecular formula is C21H32. The molecule has 0 aliphatic heterocycles. The molecule has 0 aromatic heterocycles. The third-order valence-electron chi connectivity index (χ3n) is 3.87. The molecule has 0 amide bonds. The smallest absolute Gasteiger partial charge is 0.00949 e. The lowest BCUT2D eigenvalue weighted by atomic mass is 10.0. The third kappa shape index (κ3) is 8.55. The van der Waals surface area contributed by atoms with Crippen molar-refractivity contribution < 1.29 is 0 Å². The van der Waals surface area contributed by atoms with Gasteiger partial charge in [0.2, 0.25) is 0 Å². The quantitative estimate of drug-likeness (QED) is 0.351. The fourth-order valence-corrected chi connectivity index (χ4v) is 2.40. The van der Waals surface area contributed by atoms with Crippen LogP contribution in [0.3, 0.4) is 0 Å². The predicted molar refractivity (Wildman–Crippen MR) is 95.8 cm³/mol. The minimum atomic E-state index is 1.07. The Morgan fingerprint density at radius 3 is 2.19 bits per heavy atom. The molecule has 0 bridgehead atoms. The van der Waals surface area contributed by atoms with Crippen molar-refractivity contribution in [3.05, 3.63) is 58.7 Å². The van der Waals surface area contributed by atoms with E-state index < -0.39 is 0 Å². The van der Waals surface area contributed by atoms with Gasteiger partial charge in [-0.25, -0.2) is 0 Å². The lowest BCUT2D eigenvalue weighted by Gasteiger charge is -2.04. The van der Waals surface area contributed by atoms with E-state index in [9.17, 15) is 0 Å². The van der Waals surface area contributed by atoms with Crippen molar-refractivity contribution in [2.45, 2.75) is 72.6 Å². The number of unbranched alkanes of at least 4 members (excludes halogenated alkanes) is 2. The number of hydrogen-bond donors (Lipinski definition) is 0. The van der Waals surface area contributed by atoms with E-state index in [1.54, 1.807) is 0 Å². The van der Waals surface area contributed by atoms with Crippen molar-refractivity contribution in [3.63, 3.8) is 0 Å². The van der Waals surface area contributed by atoms with Crippen molar-refractivity contribution in [1.29, 1.82) is 0 Å². The summed E-state index contributed by atoms with van der Waals surface area (Å²) in [6.07, 6.45) is 13.3. The van der Waals surface area contributed by atoms with Gasteiger partial charge in [-0.15, -0.1) is 0 Å². The molecule has 0 spiro atoms. The third-order valence-corrected chi connectivity index (χ3v) is 3.87. The maximum atomic E-state index is 2.38. The standard InChI is InChI=1S/C21H32/c1-5-6-7-11-20-14-16-21(17-15-20)13-12-19(4)10-8-9-18(2)3/h9,12,14-17H,5-8,10-11,13H2,1-4H3/b19-12+. The van der Waals surface area contributed by atoms with Gasteiger partial charge in [0.15, 0.2) is 0 Å². The summed E-state index contributed by atoms with van der Waals surface area (Å²) < 4.78 is 0. The van der Waals surface area contributed by atoms with E-state index in [1.165, 1.54) is 60.8 Å². The Morgan fingerprint density at radius 2 is 1.57 bits per heavy atom. The van der Waals surface area contributed by atoms with Gasteiger partial charge in [0, 0.05) is 0 Å². The van der Waals surface area contributed by atoms with E-state index in [4.69, 9.17) is 0 Å². The first-order valence-corrected chi connectivity index (χ1v) is 8.48. The molecule has 0 N–H and O–H groups in total. The summed E-state index contributed by atoms with van der Waals surface area (Å²) in [5.41, 5.74) is 5.83. The van der Waals surface area contributed by atoms with Crippen LogP contribution in [-0.4, -0.2) is 0 Å². The SMILES string of the molecule is CCCCCc1ccc(C/C=C(\C)CCC=C(C)C)cc1. The van der Waals surface area contributed by atoms with Gasteiger partial charge in [-0.3, -0.25) is 0 Å². The van der Waals surface area contributed by atoms with Gasteiger partial charge < -0.3 is 0 Å². The summed E-state index contributed by atoms with van der Waals surface area (Å²) in [6, 6.07) is 9.19. The molecule has 1 rings (SSSR count). The van der Waals surface area contributed by atoms with Gasteiger partial charge >= 0.3 is 0 Å². The molecular weight excluding hydrogens is 252 g/mol. The van der Waals surface area contributed by atoms with Crippen molar-refractivity contribution in [1.82, 2.24) is 0 Å². The lowest BCUT2D eigenvalue weighted by molar-refractivity contribution is 0.717. The Labute approximate surface area is 132 Å². The fourth-order valence-electron chi connectivity index (χ4n) is 2.40. The number of allylic oxidation sites excluding steroid dienone is 4. The average molecular weight is 284 g/mol. The Hall–Kier alpha value is -1.30. The second-order valence-electron chi connectivity index (χ2n) is 6.35. The first-order valence-electron chi connectivity index (χ1n) is 8.48. The summed E-state index contributed by atoms with van der Waals surface area (Å²) in [6.45, 7) is 8.84.